The highest BCUT2D eigenvalue weighted by Crippen LogP contribution is 2.26. The van der Waals surface area contributed by atoms with Gasteiger partial charge < -0.3 is 19.8 Å². The molecule has 1 heterocycles. The van der Waals surface area contributed by atoms with Crippen molar-refractivity contribution in [2.75, 3.05) is 0 Å². The van der Waals surface area contributed by atoms with E-state index in [0.717, 1.165) is 17.0 Å². The molecule has 0 atom stereocenters. The molecule has 0 bridgehead atoms. The molecule has 2 aromatic carbocycles. The summed E-state index contributed by atoms with van der Waals surface area (Å²) in [6.45, 7) is 5.80. The Kier molecular flexibility index (Phi) is 6.37. The Morgan fingerprint density at radius 3 is 2.45 bits per heavy atom. The van der Waals surface area contributed by atoms with Gasteiger partial charge in [-0.25, -0.2) is 0 Å². The lowest BCUT2D eigenvalue weighted by Gasteiger charge is -2.16. The van der Waals surface area contributed by atoms with Crippen LogP contribution in [0.15, 0.2) is 60.2 Å². The lowest BCUT2D eigenvalue weighted by atomic mass is 10.1. The summed E-state index contributed by atoms with van der Waals surface area (Å²) >= 11 is 0. The summed E-state index contributed by atoms with van der Waals surface area (Å²) in [5.74, 6) is -1.69. The molecule has 0 fully saturated rings. The summed E-state index contributed by atoms with van der Waals surface area (Å²) in [6.07, 6.45) is 1.55. The Hall–Kier alpha value is -4.11. The van der Waals surface area contributed by atoms with E-state index in [1.165, 1.54) is 6.07 Å². The standard InChI is InChI=1S/C25H23N3O3/c1-16-12-20(13-21(14-26)24(29)27-15-19-8-5-4-6-9-19)18(3)28(16)23-11-7-10-22(17(23)2)25(30)31/h4-13H,15H2,1-3H3,(H,27,29)(H,30,31)/p-1/b21-13-. The minimum atomic E-state index is -1.23. The molecule has 0 aliphatic rings. The number of carboxylic acids is 1. The number of carbonyl (C=O) groups is 2. The van der Waals surface area contributed by atoms with Crippen LogP contribution in [0.25, 0.3) is 11.8 Å². The Morgan fingerprint density at radius 2 is 1.81 bits per heavy atom. The third-order valence-corrected chi connectivity index (χ3v) is 5.20. The second-order valence-corrected chi connectivity index (χ2v) is 7.24. The van der Waals surface area contributed by atoms with Gasteiger partial charge in [-0.3, -0.25) is 4.79 Å². The highest BCUT2D eigenvalue weighted by molar-refractivity contribution is 6.01. The predicted molar refractivity (Wildman–Crippen MR) is 116 cm³/mol. The molecule has 0 spiro atoms. The molecule has 0 aliphatic heterocycles. The van der Waals surface area contributed by atoms with Gasteiger partial charge in [-0.05, 0) is 55.7 Å². The Morgan fingerprint density at radius 1 is 1.10 bits per heavy atom. The average Bonchev–Trinajstić information content (AvgIpc) is 3.03. The maximum Gasteiger partial charge on any atom is 0.262 e. The van der Waals surface area contributed by atoms with Crippen molar-refractivity contribution in [3.8, 4) is 11.8 Å². The first-order valence-corrected chi connectivity index (χ1v) is 9.77. The van der Waals surface area contributed by atoms with Crippen molar-refractivity contribution in [3.63, 3.8) is 0 Å². The summed E-state index contributed by atoms with van der Waals surface area (Å²) in [5.41, 5.74) is 4.71. The fraction of sp³-hybridized carbons (Fsp3) is 0.160. The number of nitrogens with zero attached hydrogens (tertiary/aromatic N) is 2. The van der Waals surface area contributed by atoms with Crippen LogP contribution in [0.4, 0.5) is 0 Å². The van der Waals surface area contributed by atoms with Gasteiger partial charge in [0, 0.05) is 29.2 Å². The molecule has 1 aromatic heterocycles. The van der Waals surface area contributed by atoms with Crippen molar-refractivity contribution >= 4 is 18.0 Å². The molecule has 31 heavy (non-hydrogen) atoms. The molecule has 6 nitrogen and oxygen atoms in total. The molecule has 0 aliphatic carbocycles. The number of carbonyl (C=O) groups excluding carboxylic acids is 2. The fourth-order valence-corrected chi connectivity index (χ4v) is 3.57. The van der Waals surface area contributed by atoms with Gasteiger partial charge in [0.2, 0.25) is 0 Å². The highest BCUT2D eigenvalue weighted by atomic mass is 16.4. The number of aromatic carboxylic acids is 1. The van der Waals surface area contributed by atoms with Crippen LogP contribution >= 0.6 is 0 Å². The molecular weight excluding hydrogens is 390 g/mol. The van der Waals surface area contributed by atoms with E-state index in [9.17, 15) is 20.0 Å². The van der Waals surface area contributed by atoms with E-state index >= 15 is 0 Å². The number of hydrogen-bond donors (Lipinski definition) is 1. The Balaban J connectivity index is 1.93. The van der Waals surface area contributed by atoms with Crippen LogP contribution in [0, 0.1) is 32.1 Å². The second kappa shape index (κ2) is 9.14. The monoisotopic (exact) mass is 412 g/mol. The number of hydrogen-bond acceptors (Lipinski definition) is 4. The van der Waals surface area contributed by atoms with Gasteiger partial charge >= 0.3 is 0 Å². The fourth-order valence-electron chi connectivity index (χ4n) is 3.57. The number of amides is 1. The van der Waals surface area contributed by atoms with Crippen LogP contribution in [-0.4, -0.2) is 16.4 Å². The summed E-state index contributed by atoms with van der Waals surface area (Å²) in [7, 11) is 0. The van der Waals surface area contributed by atoms with E-state index in [0.29, 0.717) is 23.4 Å². The quantitative estimate of drug-likeness (QED) is 0.497. The van der Waals surface area contributed by atoms with Crippen molar-refractivity contribution in [1.29, 1.82) is 5.26 Å². The van der Waals surface area contributed by atoms with Crippen molar-refractivity contribution < 1.29 is 14.7 Å². The van der Waals surface area contributed by atoms with Crippen LogP contribution in [0.1, 0.15) is 38.4 Å². The maximum atomic E-state index is 12.5. The minimum absolute atomic E-state index is 0.00334. The van der Waals surface area contributed by atoms with Gasteiger partial charge in [0.1, 0.15) is 11.6 Å². The molecule has 156 valence electrons. The molecular formula is C25H22N3O3-. The predicted octanol–water partition coefficient (Wildman–Crippen LogP) is 2.99. The molecule has 3 rings (SSSR count). The number of nitrogens with one attached hydrogen (secondary N) is 1. The normalized spacial score (nSPS) is 11.1. The topological polar surface area (TPSA) is 97.9 Å². The Bertz CT molecular complexity index is 1210. The largest absolute Gasteiger partial charge is 0.545 e. The van der Waals surface area contributed by atoms with Crippen LogP contribution in [0.2, 0.25) is 0 Å². The van der Waals surface area contributed by atoms with E-state index in [-0.39, 0.29) is 11.1 Å². The number of carboxylic acid groups (broad SMARTS) is 1. The zero-order chi connectivity index (χ0) is 22.5. The number of aryl methyl sites for hydroxylation is 1. The zero-order valence-corrected chi connectivity index (χ0v) is 17.6. The summed E-state index contributed by atoms with van der Waals surface area (Å²) in [6, 6.07) is 18.3. The number of rotatable bonds is 6. The lowest BCUT2D eigenvalue weighted by molar-refractivity contribution is -0.255. The van der Waals surface area contributed by atoms with Crippen molar-refractivity contribution in [2.24, 2.45) is 0 Å². The van der Waals surface area contributed by atoms with E-state index < -0.39 is 11.9 Å². The smallest absolute Gasteiger partial charge is 0.262 e. The van der Waals surface area contributed by atoms with Crippen molar-refractivity contribution in [3.05, 3.63) is 93.8 Å². The number of nitriles is 1. The summed E-state index contributed by atoms with van der Waals surface area (Å²) in [4.78, 5) is 23.9. The van der Waals surface area contributed by atoms with Crippen LogP contribution in [0.3, 0.4) is 0 Å². The highest BCUT2D eigenvalue weighted by Gasteiger charge is 2.15. The maximum absolute atomic E-state index is 12.5. The molecule has 1 N–H and O–H groups in total. The van der Waals surface area contributed by atoms with Crippen molar-refractivity contribution in [2.45, 2.75) is 27.3 Å². The van der Waals surface area contributed by atoms with E-state index in [4.69, 9.17) is 0 Å². The van der Waals surface area contributed by atoms with Crippen LogP contribution in [-0.2, 0) is 11.3 Å². The Labute approximate surface area is 181 Å². The van der Waals surface area contributed by atoms with Gasteiger partial charge in [-0.2, -0.15) is 5.26 Å². The van der Waals surface area contributed by atoms with Gasteiger partial charge in [-0.15, -0.1) is 0 Å². The summed E-state index contributed by atoms with van der Waals surface area (Å²) < 4.78 is 1.91. The molecule has 0 radical (unpaired) electrons. The average molecular weight is 412 g/mol. The van der Waals surface area contributed by atoms with Gasteiger partial charge in [-0.1, -0.05) is 42.5 Å². The second-order valence-electron chi connectivity index (χ2n) is 7.24. The van der Waals surface area contributed by atoms with E-state index in [1.54, 1.807) is 19.1 Å². The van der Waals surface area contributed by atoms with E-state index in [2.05, 4.69) is 5.32 Å². The molecule has 0 saturated heterocycles. The third-order valence-electron chi connectivity index (χ3n) is 5.20. The molecule has 3 aromatic rings. The first-order chi connectivity index (χ1) is 14.8. The van der Waals surface area contributed by atoms with Gasteiger partial charge in [0.15, 0.2) is 0 Å². The molecule has 0 saturated carbocycles. The van der Waals surface area contributed by atoms with Crippen LogP contribution < -0.4 is 10.4 Å². The van der Waals surface area contributed by atoms with Crippen LogP contribution in [0.5, 0.6) is 0 Å². The van der Waals surface area contributed by atoms with Gasteiger partial charge in [0.25, 0.3) is 5.91 Å². The number of aromatic nitrogens is 1. The van der Waals surface area contributed by atoms with E-state index in [1.807, 2.05) is 66.9 Å². The third kappa shape index (κ3) is 4.57. The van der Waals surface area contributed by atoms with Crippen molar-refractivity contribution in [1.82, 2.24) is 9.88 Å². The number of benzene rings is 2. The van der Waals surface area contributed by atoms with Gasteiger partial charge in [0.05, 0.1) is 5.97 Å². The first-order valence-electron chi connectivity index (χ1n) is 9.77. The molecule has 0 unspecified atom stereocenters. The lowest BCUT2D eigenvalue weighted by Crippen LogP contribution is -2.24. The minimum Gasteiger partial charge on any atom is -0.545 e. The SMILES string of the molecule is Cc1c(C(=O)[O-])cccc1-n1c(C)cc(/C=C(/C#N)C(=O)NCc2ccccc2)c1C. The first kappa shape index (κ1) is 21.6. The molecule has 6 heteroatoms. The zero-order valence-electron chi connectivity index (χ0n) is 17.6. The molecule has 1 amide bonds. The summed E-state index contributed by atoms with van der Waals surface area (Å²) in [5, 5.41) is 23.7.